The molecule has 21 heavy (non-hydrogen) atoms. The number of ether oxygens (including phenoxy) is 1. The van der Waals surface area contributed by atoms with Gasteiger partial charge in [0, 0.05) is 17.9 Å². The van der Waals surface area contributed by atoms with Crippen LogP contribution in [-0.4, -0.2) is 11.7 Å². The molecule has 1 atom stereocenters. The summed E-state index contributed by atoms with van der Waals surface area (Å²) in [5.41, 5.74) is 4.86. The molecule has 1 unspecified atom stereocenters. The van der Waals surface area contributed by atoms with Gasteiger partial charge in [-0.05, 0) is 49.1 Å². The Morgan fingerprint density at radius 1 is 1.24 bits per heavy atom. The monoisotopic (exact) mass is 283 g/mol. The molecule has 0 saturated carbocycles. The second kappa shape index (κ2) is 6.19. The quantitative estimate of drug-likeness (QED) is 0.870. The van der Waals surface area contributed by atoms with Crippen LogP contribution in [0.5, 0.6) is 5.75 Å². The van der Waals surface area contributed by atoms with Crippen LogP contribution in [0.4, 0.5) is 5.69 Å². The lowest BCUT2D eigenvalue weighted by Gasteiger charge is -2.18. The fourth-order valence-corrected chi connectivity index (χ4v) is 2.94. The number of fused-ring (bicyclic) bond motifs is 1. The largest absolute Gasteiger partial charge is 0.508 e. The van der Waals surface area contributed by atoms with Gasteiger partial charge in [0.2, 0.25) is 0 Å². The van der Waals surface area contributed by atoms with E-state index in [-0.39, 0.29) is 0 Å². The topological polar surface area (TPSA) is 41.5 Å². The Morgan fingerprint density at radius 2 is 2.10 bits per heavy atom. The standard InChI is InChI=1S/C18H21NO2/c1-2-21-12-14-5-3-4-6-17(14)19-18-10-7-13-11-15(20)8-9-16(13)18/h3-6,8-9,11,18-20H,2,7,10,12H2,1H3. The zero-order chi connectivity index (χ0) is 14.7. The fourth-order valence-electron chi connectivity index (χ4n) is 2.94. The number of benzene rings is 2. The van der Waals surface area contributed by atoms with Crippen LogP contribution in [0.2, 0.25) is 0 Å². The first-order valence-corrected chi connectivity index (χ1v) is 7.52. The van der Waals surface area contributed by atoms with E-state index in [0.29, 0.717) is 18.4 Å². The van der Waals surface area contributed by atoms with Crippen molar-refractivity contribution in [1.29, 1.82) is 0 Å². The minimum absolute atomic E-state index is 0.309. The third-order valence-corrected chi connectivity index (χ3v) is 4.01. The first-order valence-electron chi connectivity index (χ1n) is 7.52. The summed E-state index contributed by atoms with van der Waals surface area (Å²) >= 11 is 0. The van der Waals surface area contributed by atoms with Crippen molar-refractivity contribution in [2.75, 3.05) is 11.9 Å². The summed E-state index contributed by atoms with van der Waals surface area (Å²) in [5, 5.41) is 13.2. The molecule has 2 aromatic carbocycles. The first-order chi connectivity index (χ1) is 10.3. The molecule has 0 heterocycles. The van der Waals surface area contributed by atoms with Crippen LogP contribution in [0, 0.1) is 0 Å². The summed E-state index contributed by atoms with van der Waals surface area (Å²) in [7, 11) is 0. The molecule has 3 nitrogen and oxygen atoms in total. The molecule has 1 aliphatic rings. The number of phenols is 1. The van der Waals surface area contributed by atoms with E-state index in [1.165, 1.54) is 16.7 Å². The minimum atomic E-state index is 0.309. The molecule has 0 radical (unpaired) electrons. The van der Waals surface area contributed by atoms with E-state index in [0.717, 1.165) is 25.1 Å². The number of aryl methyl sites for hydroxylation is 1. The smallest absolute Gasteiger partial charge is 0.115 e. The van der Waals surface area contributed by atoms with Crippen molar-refractivity contribution in [3.05, 3.63) is 59.2 Å². The van der Waals surface area contributed by atoms with Gasteiger partial charge in [-0.1, -0.05) is 24.3 Å². The third-order valence-electron chi connectivity index (χ3n) is 4.01. The van der Waals surface area contributed by atoms with Gasteiger partial charge in [0.15, 0.2) is 0 Å². The molecule has 2 aromatic rings. The van der Waals surface area contributed by atoms with Crippen LogP contribution in [-0.2, 0) is 17.8 Å². The number of hydrogen-bond donors (Lipinski definition) is 2. The van der Waals surface area contributed by atoms with Gasteiger partial charge in [-0.15, -0.1) is 0 Å². The number of phenolic OH excluding ortho intramolecular Hbond substituents is 1. The van der Waals surface area contributed by atoms with Crippen molar-refractivity contribution in [3.63, 3.8) is 0 Å². The van der Waals surface area contributed by atoms with Crippen LogP contribution >= 0.6 is 0 Å². The molecule has 0 fully saturated rings. The van der Waals surface area contributed by atoms with Crippen LogP contribution in [0.1, 0.15) is 36.1 Å². The lowest BCUT2D eigenvalue weighted by molar-refractivity contribution is 0.134. The molecule has 2 N–H and O–H groups in total. The number of aromatic hydroxyl groups is 1. The molecule has 0 aromatic heterocycles. The van der Waals surface area contributed by atoms with E-state index in [1.54, 1.807) is 6.07 Å². The van der Waals surface area contributed by atoms with Gasteiger partial charge in [0.05, 0.1) is 12.6 Å². The molecular formula is C18H21NO2. The van der Waals surface area contributed by atoms with E-state index >= 15 is 0 Å². The van der Waals surface area contributed by atoms with Crippen molar-refractivity contribution in [2.24, 2.45) is 0 Å². The van der Waals surface area contributed by atoms with Gasteiger partial charge in [-0.25, -0.2) is 0 Å². The second-order valence-electron chi connectivity index (χ2n) is 5.41. The van der Waals surface area contributed by atoms with Gasteiger partial charge >= 0.3 is 0 Å². The highest BCUT2D eigenvalue weighted by molar-refractivity contribution is 5.54. The van der Waals surface area contributed by atoms with Crippen molar-refractivity contribution < 1.29 is 9.84 Å². The molecule has 3 heteroatoms. The predicted molar refractivity (Wildman–Crippen MR) is 84.6 cm³/mol. The van der Waals surface area contributed by atoms with Crippen LogP contribution in [0.3, 0.4) is 0 Å². The van der Waals surface area contributed by atoms with Gasteiger partial charge in [-0.2, -0.15) is 0 Å². The fraction of sp³-hybridized carbons (Fsp3) is 0.333. The molecule has 0 aliphatic heterocycles. The Labute approximate surface area is 125 Å². The van der Waals surface area contributed by atoms with Crippen molar-refractivity contribution in [3.8, 4) is 5.75 Å². The molecule has 0 spiro atoms. The first kappa shape index (κ1) is 14.0. The Bertz CT molecular complexity index is 624. The summed E-state index contributed by atoms with van der Waals surface area (Å²) in [4.78, 5) is 0. The molecule has 0 saturated heterocycles. The maximum absolute atomic E-state index is 9.58. The maximum atomic E-state index is 9.58. The number of nitrogens with one attached hydrogen (secondary N) is 1. The SMILES string of the molecule is CCOCc1ccccc1NC1CCc2cc(O)ccc21. The minimum Gasteiger partial charge on any atom is -0.508 e. The van der Waals surface area contributed by atoms with Gasteiger partial charge in [0.25, 0.3) is 0 Å². The highest BCUT2D eigenvalue weighted by atomic mass is 16.5. The highest BCUT2D eigenvalue weighted by Gasteiger charge is 2.23. The summed E-state index contributed by atoms with van der Waals surface area (Å²) in [6.07, 6.45) is 2.07. The van der Waals surface area contributed by atoms with Crippen molar-refractivity contribution in [2.45, 2.75) is 32.4 Å². The highest BCUT2D eigenvalue weighted by Crippen LogP contribution is 2.36. The summed E-state index contributed by atoms with van der Waals surface area (Å²) in [5.74, 6) is 0.353. The Hall–Kier alpha value is -2.00. The lowest BCUT2D eigenvalue weighted by atomic mass is 10.1. The second-order valence-corrected chi connectivity index (χ2v) is 5.41. The van der Waals surface area contributed by atoms with Crippen molar-refractivity contribution >= 4 is 5.69 Å². The van der Waals surface area contributed by atoms with E-state index < -0.39 is 0 Å². The average molecular weight is 283 g/mol. The number of anilines is 1. The van der Waals surface area contributed by atoms with Gasteiger partial charge < -0.3 is 15.2 Å². The maximum Gasteiger partial charge on any atom is 0.115 e. The zero-order valence-corrected chi connectivity index (χ0v) is 12.3. The molecule has 0 amide bonds. The summed E-state index contributed by atoms with van der Waals surface area (Å²) in [6.45, 7) is 3.37. The molecule has 1 aliphatic carbocycles. The lowest BCUT2D eigenvalue weighted by Crippen LogP contribution is -2.09. The Morgan fingerprint density at radius 3 is 2.95 bits per heavy atom. The number of rotatable bonds is 5. The molecule has 3 rings (SSSR count). The number of para-hydroxylation sites is 1. The summed E-state index contributed by atoms with van der Waals surface area (Å²) < 4.78 is 5.54. The molecule has 110 valence electrons. The normalized spacial score (nSPS) is 16.7. The average Bonchev–Trinajstić information content (AvgIpc) is 2.88. The zero-order valence-electron chi connectivity index (χ0n) is 12.3. The van der Waals surface area contributed by atoms with Crippen LogP contribution < -0.4 is 5.32 Å². The van der Waals surface area contributed by atoms with Gasteiger partial charge in [-0.3, -0.25) is 0 Å². The summed E-state index contributed by atoms with van der Waals surface area (Å²) in [6, 6.07) is 14.3. The number of hydrogen-bond acceptors (Lipinski definition) is 3. The molecule has 0 bridgehead atoms. The van der Waals surface area contributed by atoms with Gasteiger partial charge in [0.1, 0.15) is 5.75 Å². The van der Waals surface area contributed by atoms with E-state index in [4.69, 9.17) is 4.74 Å². The molecular weight excluding hydrogens is 262 g/mol. The predicted octanol–water partition coefficient (Wildman–Crippen LogP) is 4.03. The van der Waals surface area contributed by atoms with Crippen LogP contribution in [0.25, 0.3) is 0 Å². The third kappa shape index (κ3) is 3.03. The van der Waals surface area contributed by atoms with Crippen LogP contribution in [0.15, 0.2) is 42.5 Å². The Balaban J connectivity index is 1.80. The van der Waals surface area contributed by atoms with Crippen molar-refractivity contribution in [1.82, 2.24) is 0 Å². The Kier molecular flexibility index (Phi) is 4.11. The van der Waals surface area contributed by atoms with E-state index in [9.17, 15) is 5.11 Å². The van der Waals surface area contributed by atoms with E-state index in [1.807, 2.05) is 31.2 Å². The van der Waals surface area contributed by atoms with E-state index in [2.05, 4.69) is 17.4 Å².